The average molecular weight is 844 g/mol. The molecule has 17 heteroatoms. The summed E-state index contributed by atoms with van der Waals surface area (Å²) >= 11 is 0. The summed E-state index contributed by atoms with van der Waals surface area (Å²) in [7, 11) is 4.78. The van der Waals surface area contributed by atoms with Crippen LogP contribution < -0.4 is 0 Å². The quantitative estimate of drug-likeness (QED) is 0.111. The standard InChI is InChI=1S/C42H69NO16/c1-22(2)17-32(48)57-40-26(6)54-34(21-42(40,8)51)58-37-25(5)55-41(36(50)35(37)43(9)10)59-38-28(15-16-44)18-23(3)30(47)14-12-13-29(46)19-24(4)53-33(49)20-31(39(38)52-11)56-27(7)45/h12-13,16,22-26,28-29,31,34-41,46,50-51H,14-15,17-21H2,1-11H3. The first-order valence-electron chi connectivity index (χ1n) is 20.7. The molecule has 0 aliphatic carbocycles. The Morgan fingerprint density at radius 2 is 1.68 bits per heavy atom. The lowest BCUT2D eigenvalue weighted by atomic mass is 9.82. The minimum absolute atomic E-state index is 0.00771. The van der Waals surface area contributed by atoms with Crippen molar-refractivity contribution in [3.05, 3.63) is 12.2 Å². The molecule has 3 aliphatic rings. The van der Waals surface area contributed by atoms with Crippen molar-refractivity contribution in [3.8, 4) is 0 Å². The predicted octanol–water partition coefficient (Wildman–Crippen LogP) is 2.42. The summed E-state index contributed by atoms with van der Waals surface area (Å²) < 4.78 is 48.3. The van der Waals surface area contributed by atoms with Crippen molar-refractivity contribution in [3.63, 3.8) is 0 Å². The van der Waals surface area contributed by atoms with E-state index in [1.165, 1.54) is 13.2 Å². The number of ketones is 1. The van der Waals surface area contributed by atoms with Crippen LogP contribution in [0.25, 0.3) is 0 Å². The number of carbonyl (C=O) groups is 5. The molecule has 0 amide bonds. The van der Waals surface area contributed by atoms with Crippen LogP contribution in [0.5, 0.6) is 0 Å². The van der Waals surface area contributed by atoms with E-state index in [9.17, 15) is 39.3 Å². The fourth-order valence-corrected chi connectivity index (χ4v) is 8.29. The highest BCUT2D eigenvalue weighted by molar-refractivity contribution is 5.82. The van der Waals surface area contributed by atoms with Gasteiger partial charge < -0.3 is 62.9 Å². The average Bonchev–Trinajstić information content (AvgIpc) is 3.10. The fraction of sp³-hybridized carbons (Fsp3) is 0.833. The highest BCUT2D eigenvalue weighted by Gasteiger charge is 2.53. The van der Waals surface area contributed by atoms with Crippen LogP contribution >= 0.6 is 0 Å². The van der Waals surface area contributed by atoms with Crippen LogP contribution in [0, 0.1) is 17.8 Å². The first kappa shape index (κ1) is 50.5. The third-order valence-electron chi connectivity index (χ3n) is 11.1. The number of hydrogen-bond donors (Lipinski definition) is 3. The van der Waals surface area contributed by atoms with Crippen molar-refractivity contribution in [2.24, 2.45) is 17.8 Å². The van der Waals surface area contributed by atoms with Gasteiger partial charge in [-0.15, -0.1) is 0 Å². The highest BCUT2D eigenvalue weighted by Crippen LogP contribution is 2.38. The van der Waals surface area contributed by atoms with Crippen LogP contribution in [-0.4, -0.2) is 157 Å². The number of ether oxygens (including phenoxy) is 8. The molecule has 3 aliphatic heterocycles. The number of aliphatic hydroxyl groups is 3. The van der Waals surface area contributed by atoms with E-state index in [2.05, 4.69) is 0 Å². The van der Waals surface area contributed by atoms with Gasteiger partial charge in [-0.3, -0.25) is 19.2 Å². The monoisotopic (exact) mass is 843 g/mol. The Balaban J connectivity index is 1.98. The van der Waals surface area contributed by atoms with Crippen LogP contribution in [0.1, 0.15) is 100 Å². The molecule has 0 aromatic rings. The van der Waals surface area contributed by atoms with E-state index >= 15 is 0 Å². The van der Waals surface area contributed by atoms with Gasteiger partial charge in [0.25, 0.3) is 0 Å². The lowest BCUT2D eigenvalue weighted by molar-refractivity contribution is -0.344. The molecule has 0 aromatic heterocycles. The second kappa shape index (κ2) is 22.8. The summed E-state index contributed by atoms with van der Waals surface area (Å²) in [6.45, 7) is 13.2. The SMILES string of the molecule is COC1C(OC(C)=O)CC(=O)OC(C)CC(O)C=CCC(=O)C(C)CC(CC=O)C1OC1OC(C)C(OC2CC(C)(O)C(OC(=O)CC(C)C)C(C)O2)C(N(C)C)C1O. The summed E-state index contributed by atoms with van der Waals surface area (Å²) in [6.07, 6.45) is -9.36. The van der Waals surface area contributed by atoms with Crippen LogP contribution in [0.3, 0.4) is 0 Å². The molecular weight excluding hydrogens is 774 g/mol. The van der Waals surface area contributed by atoms with Gasteiger partial charge in [-0.2, -0.15) is 0 Å². The molecule has 59 heavy (non-hydrogen) atoms. The van der Waals surface area contributed by atoms with Crippen LogP contribution in [-0.2, 0) is 61.9 Å². The van der Waals surface area contributed by atoms with Gasteiger partial charge in [0, 0.05) is 52.1 Å². The van der Waals surface area contributed by atoms with Crippen molar-refractivity contribution in [1.82, 2.24) is 4.90 Å². The molecule has 2 fully saturated rings. The zero-order valence-electron chi connectivity index (χ0n) is 36.5. The molecule has 16 unspecified atom stereocenters. The van der Waals surface area contributed by atoms with Gasteiger partial charge in [-0.25, -0.2) is 0 Å². The predicted molar refractivity (Wildman–Crippen MR) is 210 cm³/mol. The van der Waals surface area contributed by atoms with Crippen molar-refractivity contribution in [2.75, 3.05) is 21.2 Å². The number of cyclic esters (lactones) is 1. The van der Waals surface area contributed by atoms with Gasteiger partial charge >= 0.3 is 17.9 Å². The first-order valence-corrected chi connectivity index (χ1v) is 20.7. The molecule has 16 atom stereocenters. The highest BCUT2D eigenvalue weighted by atomic mass is 16.7. The molecule has 2 saturated heterocycles. The van der Waals surface area contributed by atoms with E-state index in [1.807, 2.05) is 13.8 Å². The zero-order chi connectivity index (χ0) is 44.4. The number of likely N-dealkylation sites (N-methyl/N-ethyl adjacent to an activating group) is 1. The largest absolute Gasteiger partial charge is 0.462 e. The first-order chi connectivity index (χ1) is 27.6. The minimum Gasteiger partial charge on any atom is -0.462 e. The van der Waals surface area contributed by atoms with Gasteiger partial charge in [0.15, 0.2) is 18.7 Å². The Morgan fingerprint density at radius 1 is 1.00 bits per heavy atom. The molecule has 3 heterocycles. The number of methoxy groups -OCH3 is 1. The molecule has 0 bridgehead atoms. The maximum atomic E-state index is 13.3. The van der Waals surface area contributed by atoms with E-state index < -0.39 is 121 Å². The number of rotatable bonds is 12. The summed E-state index contributed by atoms with van der Waals surface area (Å²) in [5.74, 6) is -3.46. The third-order valence-corrected chi connectivity index (χ3v) is 11.1. The third kappa shape index (κ3) is 14.6. The van der Waals surface area contributed by atoms with Gasteiger partial charge in [0.2, 0.25) is 0 Å². The fourth-order valence-electron chi connectivity index (χ4n) is 8.29. The van der Waals surface area contributed by atoms with Crippen molar-refractivity contribution in [1.29, 1.82) is 0 Å². The molecule has 0 aromatic carbocycles. The summed E-state index contributed by atoms with van der Waals surface area (Å²) in [6, 6.07) is -0.811. The minimum atomic E-state index is -1.52. The van der Waals surface area contributed by atoms with E-state index in [4.69, 9.17) is 37.9 Å². The molecule has 0 spiro atoms. The molecule has 338 valence electrons. The second-order valence-corrected chi connectivity index (χ2v) is 17.2. The molecule has 3 rings (SSSR count). The Kier molecular flexibility index (Phi) is 19.5. The number of hydrogen-bond acceptors (Lipinski definition) is 17. The topological polar surface area (TPSA) is 223 Å². The van der Waals surface area contributed by atoms with E-state index in [0.29, 0.717) is 6.29 Å². The number of esters is 3. The van der Waals surface area contributed by atoms with Gasteiger partial charge in [0.05, 0.1) is 36.9 Å². The van der Waals surface area contributed by atoms with Crippen LogP contribution in [0.15, 0.2) is 12.2 Å². The number of Topliss-reactive ketones (excluding diaryl/α,β-unsaturated/α-hetero) is 1. The number of carbonyl (C=O) groups excluding carboxylic acids is 5. The van der Waals surface area contributed by atoms with E-state index in [0.717, 1.165) is 6.92 Å². The van der Waals surface area contributed by atoms with Crippen LogP contribution in [0.2, 0.25) is 0 Å². The zero-order valence-corrected chi connectivity index (χ0v) is 36.5. The second-order valence-electron chi connectivity index (χ2n) is 17.2. The molecule has 3 N–H and O–H groups in total. The molecule has 17 nitrogen and oxygen atoms in total. The number of nitrogens with zero attached hydrogens (tertiary/aromatic N) is 1. The van der Waals surface area contributed by atoms with E-state index in [-0.39, 0.29) is 50.2 Å². The van der Waals surface area contributed by atoms with Gasteiger partial charge in [-0.05, 0) is 60.0 Å². The van der Waals surface area contributed by atoms with Gasteiger partial charge in [-0.1, -0.05) is 32.9 Å². The maximum absolute atomic E-state index is 13.3. The Hall–Kier alpha value is -2.87. The molecular formula is C42H69NO16. The Morgan fingerprint density at radius 3 is 2.25 bits per heavy atom. The number of aldehydes is 1. The normalized spacial score (nSPS) is 39.4. The lowest BCUT2D eigenvalue weighted by Gasteiger charge is -2.50. The summed E-state index contributed by atoms with van der Waals surface area (Å²) in [5, 5.41) is 34.0. The molecule has 0 radical (unpaired) electrons. The van der Waals surface area contributed by atoms with Crippen LogP contribution in [0.4, 0.5) is 0 Å². The number of allylic oxidation sites excluding steroid dienone is 1. The van der Waals surface area contributed by atoms with Gasteiger partial charge in [0.1, 0.15) is 48.2 Å². The summed E-state index contributed by atoms with van der Waals surface area (Å²) in [5.41, 5.74) is -1.52. The molecule has 0 saturated carbocycles. The van der Waals surface area contributed by atoms with Crippen molar-refractivity contribution >= 4 is 30.0 Å². The Bertz CT molecular complexity index is 1420. The number of aliphatic hydroxyl groups excluding tert-OH is 2. The van der Waals surface area contributed by atoms with E-state index in [1.54, 1.807) is 59.7 Å². The van der Waals surface area contributed by atoms with Crippen molar-refractivity contribution in [2.45, 2.75) is 186 Å². The smallest absolute Gasteiger partial charge is 0.309 e. The lowest BCUT2D eigenvalue weighted by Crippen LogP contribution is -2.66. The van der Waals surface area contributed by atoms with Crippen molar-refractivity contribution < 1.29 is 77.2 Å². The summed E-state index contributed by atoms with van der Waals surface area (Å²) in [4.78, 5) is 65.6. The Labute approximate surface area is 348 Å². The maximum Gasteiger partial charge on any atom is 0.309 e.